The number of carbonyl (C=O) groups is 1. The van der Waals surface area contributed by atoms with Crippen LogP contribution in [0.15, 0.2) is 24.3 Å². The minimum Gasteiger partial charge on any atom is -0.394 e. The summed E-state index contributed by atoms with van der Waals surface area (Å²) in [6.07, 6.45) is 1.75. The lowest BCUT2D eigenvalue weighted by atomic mass is 9.69. The lowest BCUT2D eigenvalue weighted by Crippen LogP contribution is -2.69. The number of aliphatic hydroxyl groups excluding tert-OH is 1. The van der Waals surface area contributed by atoms with Gasteiger partial charge in [-0.25, -0.2) is 0 Å². The molecule has 3 aliphatic rings. The lowest BCUT2D eigenvalue weighted by molar-refractivity contribution is -0.166. The fraction of sp³-hybridized carbons (Fsp3) is 0.588. The molecule has 3 fully saturated rings. The minimum atomic E-state index is -0.856. The average Bonchev–Trinajstić information content (AvgIpc) is 2.52. The molecular weight excluding hydrogens is 266 g/mol. The van der Waals surface area contributed by atoms with Crippen LogP contribution in [0.4, 0.5) is 0 Å². The molecule has 4 rings (SSSR count). The number of carbonyl (C=O) groups excluding carboxylic acids is 1. The first kappa shape index (κ1) is 14.7. The van der Waals surface area contributed by atoms with Crippen LogP contribution in [0.5, 0.6) is 0 Å². The molecule has 0 aliphatic carbocycles. The predicted octanol–water partition coefficient (Wildman–Crippen LogP) is 1.71. The highest BCUT2D eigenvalue weighted by atomic mass is 16.5. The lowest BCUT2D eigenvalue weighted by Gasteiger charge is -2.55. The van der Waals surface area contributed by atoms with E-state index < -0.39 is 5.54 Å². The molecule has 0 aromatic heterocycles. The molecule has 2 bridgehead atoms. The summed E-state index contributed by atoms with van der Waals surface area (Å²) in [5.41, 5.74) is 1.61. The van der Waals surface area contributed by atoms with Crippen LogP contribution in [-0.4, -0.2) is 48.2 Å². The number of ketones is 1. The normalized spacial score (nSPS) is 35.2. The highest BCUT2D eigenvalue weighted by Crippen LogP contribution is 2.46. The Balaban J connectivity index is 1.98. The molecule has 4 nitrogen and oxygen atoms in total. The summed E-state index contributed by atoms with van der Waals surface area (Å²) >= 11 is 0. The maximum atomic E-state index is 12.7. The molecule has 4 heteroatoms. The van der Waals surface area contributed by atoms with E-state index in [1.54, 1.807) is 7.11 Å². The second-order valence-electron chi connectivity index (χ2n) is 6.33. The van der Waals surface area contributed by atoms with Crippen molar-refractivity contribution in [2.24, 2.45) is 5.92 Å². The average molecular weight is 289 g/mol. The van der Waals surface area contributed by atoms with E-state index in [2.05, 4.69) is 36.1 Å². The fourth-order valence-electron chi connectivity index (χ4n) is 3.95. The number of aryl methyl sites for hydroxylation is 1. The number of rotatable bonds is 4. The van der Waals surface area contributed by atoms with Gasteiger partial charge in [0, 0.05) is 25.6 Å². The van der Waals surface area contributed by atoms with Crippen LogP contribution in [0, 0.1) is 12.8 Å². The highest BCUT2D eigenvalue weighted by molar-refractivity contribution is 5.92. The Morgan fingerprint density at radius 2 is 2.10 bits per heavy atom. The molecule has 3 saturated heterocycles. The van der Waals surface area contributed by atoms with E-state index >= 15 is 0 Å². The van der Waals surface area contributed by atoms with Crippen LogP contribution in [0.25, 0.3) is 0 Å². The Hall–Kier alpha value is -1.23. The van der Waals surface area contributed by atoms with Gasteiger partial charge >= 0.3 is 0 Å². The largest absolute Gasteiger partial charge is 0.394 e. The third-order valence-electron chi connectivity index (χ3n) is 5.09. The molecule has 1 N–H and O–H groups in total. The van der Waals surface area contributed by atoms with Crippen LogP contribution in [0.1, 0.15) is 30.0 Å². The summed E-state index contributed by atoms with van der Waals surface area (Å²) in [6, 6.07) is 8.69. The molecule has 0 spiro atoms. The van der Waals surface area contributed by atoms with Gasteiger partial charge in [-0.1, -0.05) is 29.8 Å². The number of benzene rings is 1. The van der Waals surface area contributed by atoms with Crippen molar-refractivity contribution in [3.05, 3.63) is 35.4 Å². The zero-order valence-corrected chi connectivity index (χ0v) is 12.7. The molecule has 4 atom stereocenters. The molecule has 3 unspecified atom stereocenters. The zero-order valence-electron chi connectivity index (χ0n) is 12.7. The summed E-state index contributed by atoms with van der Waals surface area (Å²) in [5, 5.41) is 9.93. The Morgan fingerprint density at radius 1 is 1.38 bits per heavy atom. The van der Waals surface area contributed by atoms with E-state index in [0.29, 0.717) is 0 Å². The van der Waals surface area contributed by atoms with E-state index in [4.69, 9.17) is 4.74 Å². The Kier molecular flexibility index (Phi) is 3.86. The molecule has 3 aliphatic heterocycles. The molecule has 0 amide bonds. The second kappa shape index (κ2) is 5.52. The van der Waals surface area contributed by atoms with Gasteiger partial charge in [-0.15, -0.1) is 0 Å². The van der Waals surface area contributed by atoms with Crippen LogP contribution in [0.3, 0.4) is 0 Å². The molecular formula is C17H23NO3. The van der Waals surface area contributed by atoms with Gasteiger partial charge < -0.3 is 9.84 Å². The van der Waals surface area contributed by atoms with Gasteiger partial charge in [0.15, 0.2) is 5.78 Å². The summed E-state index contributed by atoms with van der Waals surface area (Å²) in [4.78, 5) is 14.8. The Morgan fingerprint density at radius 3 is 2.71 bits per heavy atom. The smallest absolute Gasteiger partial charge is 0.161 e. The first-order chi connectivity index (χ1) is 10.1. The number of methoxy groups -OCH3 is 1. The first-order valence-electron chi connectivity index (χ1n) is 7.60. The van der Waals surface area contributed by atoms with Gasteiger partial charge in [0.1, 0.15) is 5.54 Å². The maximum absolute atomic E-state index is 12.7. The zero-order chi connectivity index (χ0) is 15.0. The predicted molar refractivity (Wildman–Crippen MR) is 80.0 cm³/mol. The van der Waals surface area contributed by atoms with Crippen LogP contribution in [-0.2, 0) is 9.53 Å². The topological polar surface area (TPSA) is 49.8 Å². The number of hydrogen-bond donors (Lipinski definition) is 1. The van der Waals surface area contributed by atoms with Gasteiger partial charge in [-0.05, 0) is 25.3 Å². The second-order valence-corrected chi connectivity index (χ2v) is 6.33. The molecule has 3 heterocycles. The van der Waals surface area contributed by atoms with Crippen LogP contribution >= 0.6 is 0 Å². The number of piperidine rings is 3. The van der Waals surface area contributed by atoms with Crippen molar-refractivity contribution in [3.63, 3.8) is 0 Å². The SMILES string of the molecule is COCC1(CO)C(=O)C2CCN1[C@H](c1ccc(C)cc1)C2. The Bertz CT molecular complexity index is 527. The monoisotopic (exact) mass is 289 g/mol. The van der Waals surface area contributed by atoms with Crippen LogP contribution < -0.4 is 0 Å². The van der Waals surface area contributed by atoms with E-state index in [1.165, 1.54) is 11.1 Å². The van der Waals surface area contributed by atoms with Gasteiger partial charge in [0.25, 0.3) is 0 Å². The minimum absolute atomic E-state index is 0.0450. The molecule has 1 aromatic rings. The summed E-state index contributed by atoms with van der Waals surface area (Å²) in [6.45, 7) is 3.02. The van der Waals surface area contributed by atoms with Gasteiger partial charge in [-0.2, -0.15) is 0 Å². The van der Waals surface area contributed by atoms with Gasteiger partial charge in [0.05, 0.1) is 13.2 Å². The Labute approximate surface area is 125 Å². The van der Waals surface area contributed by atoms with Crippen molar-refractivity contribution in [1.29, 1.82) is 0 Å². The van der Waals surface area contributed by atoms with E-state index in [0.717, 1.165) is 19.4 Å². The number of Topliss-reactive ketones (excluding diaryl/α,β-unsaturated/α-hetero) is 1. The van der Waals surface area contributed by atoms with Crippen molar-refractivity contribution in [2.45, 2.75) is 31.3 Å². The third kappa shape index (κ3) is 2.22. The molecule has 21 heavy (non-hydrogen) atoms. The van der Waals surface area contributed by atoms with E-state index in [1.807, 2.05) is 0 Å². The third-order valence-corrected chi connectivity index (χ3v) is 5.09. The summed E-state index contributed by atoms with van der Waals surface area (Å²) in [7, 11) is 1.59. The quantitative estimate of drug-likeness (QED) is 0.917. The summed E-state index contributed by atoms with van der Waals surface area (Å²) in [5.74, 6) is 0.199. The molecule has 0 radical (unpaired) electrons. The van der Waals surface area contributed by atoms with Crippen molar-refractivity contribution in [1.82, 2.24) is 4.90 Å². The molecule has 1 aromatic carbocycles. The number of fused-ring (bicyclic) bond motifs is 3. The molecule has 0 saturated carbocycles. The van der Waals surface area contributed by atoms with Crippen molar-refractivity contribution < 1.29 is 14.6 Å². The van der Waals surface area contributed by atoms with Gasteiger partial charge in [-0.3, -0.25) is 9.69 Å². The fourth-order valence-corrected chi connectivity index (χ4v) is 3.95. The highest BCUT2D eigenvalue weighted by Gasteiger charge is 2.56. The summed E-state index contributed by atoms with van der Waals surface area (Å²) < 4.78 is 5.28. The van der Waals surface area contributed by atoms with E-state index in [-0.39, 0.29) is 31.0 Å². The standard InChI is InChI=1S/C17H23NO3/c1-12-3-5-13(6-4-12)15-9-14-7-8-18(15)17(10-19,11-21-2)16(14)20/h3-6,14-15,19H,7-11H2,1-2H3/t14?,15-,17?/m0/s1. The van der Waals surface area contributed by atoms with E-state index in [9.17, 15) is 9.90 Å². The van der Waals surface area contributed by atoms with Crippen molar-refractivity contribution >= 4 is 5.78 Å². The number of hydrogen-bond acceptors (Lipinski definition) is 4. The molecule has 114 valence electrons. The number of aliphatic hydroxyl groups is 1. The van der Waals surface area contributed by atoms with Gasteiger partial charge in [0.2, 0.25) is 0 Å². The maximum Gasteiger partial charge on any atom is 0.161 e. The number of nitrogens with zero attached hydrogens (tertiary/aromatic N) is 1. The van der Waals surface area contributed by atoms with Crippen molar-refractivity contribution in [3.8, 4) is 0 Å². The van der Waals surface area contributed by atoms with Crippen molar-refractivity contribution in [2.75, 3.05) is 26.9 Å². The number of ether oxygens (including phenoxy) is 1. The van der Waals surface area contributed by atoms with Crippen LogP contribution in [0.2, 0.25) is 0 Å². The first-order valence-corrected chi connectivity index (χ1v) is 7.60.